The molecule has 0 aliphatic rings. The van der Waals surface area contributed by atoms with Crippen LogP contribution in [0.15, 0.2) is 47.1 Å². The number of amides is 1. The summed E-state index contributed by atoms with van der Waals surface area (Å²) in [6.07, 6.45) is 3.29. The highest BCUT2D eigenvalue weighted by Gasteiger charge is 2.11. The number of rotatable bonds is 4. The van der Waals surface area contributed by atoms with E-state index in [0.29, 0.717) is 16.7 Å². The molecule has 1 aromatic carbocycles. The number of fused-ring (bicyclic) bond motifs is 1. The van der Waals surface area contributed by atoms with E-state index in [2.05, 4.69) is 10.4 Å². The van der Waals surface area contributed by atoms with Crippen molar-refractivity contribution in [3.05, 3.63) is 48.5 Å². The molecule has 0 unspecified atom stereocenters. The Balaban J connectivity index is 1.77. The van der Waals surface area contributed by atoms with Gasteiger partial charge in [-0.05, 0) is 30.3 Å². The summed E-state index contributed by atoms with van der Waals surface area (Å²) in [5, 5.41) is 16.2. The molecule has 2 heterocycles. The van der Waals surface area contributed by atoms with Crippen molar-refractivity contribution in [2.24, 2.45) is 0 Å². The van der Waals surface area contributed by atoms with Gasteiger partial charge in [0.2, 0.25) is 11.7 Å². The molecule has 0 atom stereocenters. The van der Waals surface area contributed by atoms with Gasteiger partial charge in [-0.3, -0.25) is 9.48 Å². The number of carboxylic acid groups (broad SMARTS) is 1. The Morgan fingerprint density at radius 3 is 2.90 bits per heavy atom. The standard InChI is InChI=1S/C14H11N3O4/c18-13(8-17-5-1-4-15-17)16-10-2-3-11-9(6-10)7-12(21-11)14(19)20/h1-7H,8H2,(H,16,18)(H,19,20). The van der Waals surface area contributed by atoms with E-state index in [1.165, 1.54) is 10.7 Å². The Morgan fingerprint density at radius 1 is 1.33 bits per heavy atom. The summed E-state index contributed by atoms with van der Waals surface area (Å²) in [7, 11) is 0. The van der Waals surface area contributed by atoms with Gasteiger partial charge in [0, 0.05) is 23.5 Å². The van der Waals surface area contributed by atoms with Crippen LogP contribution in [0.3, 0.4) is 0 Å². The molecule has 0 aliphatic carbocycles. The Morgan fingerprint density at radius 2 is 2.19 bits per heavy atom. The number of hydrogen-bond acceptors (Lipinski definition) is 4. The molecular formula is C14H11N3O4. The number of benzene rings is 1. The molecule has 0 aliphatic heterocycles. The number of carbonyl (C=O) groups is 2. The van der Waals surface area contributed by atoms with Crippen molar-refractivity contribution < 1.29 is 19.1 Å². The van der Waals surface area contributed by atoms with Crippen molar-refractivity contribution in [3.8, 4) is 0 Å². The molecule has 3 aromatic rings. The molecule has 2 N–H and O–H groups in total. The van der Waals surface area contributed by atoms with Gasteiger partial charge >= 0.3 is 5.97 Å². The third kappa shape index (κ3) is 2.76. The maximum absolute atomic E-state index is 11.8. The molecule has 106 valence electrons. The normalized spacial score (nSPS) is 10.7. The van der Waals surface area contributed by atoms with Crippen LogP contribution in [-0.4, -0.2) is 26.8 Å². The van der Waals surface area contributed by atoms with Gasteiger partial charge in [-0.15, -0.1) is 0 Å². The number of furan rings is 1. The summed E-state index contributed by atoms with van der Waals surface area (Å²) >= 11 is 0. The lowest BCUT2D eigenvalue weighted by molar-refractivity contribution is -0.116. The third-order valence-corrected chi connectivity index (χ3v) is 2.88. The van der Waals surface area contributed by atoms with Crippen LogP contribution in [0.1, 0.15) is 10.6 Å². The first-order valence-electron chi connectivity index (χ1n) is 6.16. The first-order chi connectivity index (χ1) is 10.1. The molecule has 7 nitrogen and oxygen atoms in total. The number of nitrogens with one attached hydrogen (secondary N) is 1. The van der Waals surface area contributed by atoms with Crippen LogP contribution in [0, 0.1) is 0 Å². The molecule has 1 amide bonds. The second kappa shape index (κ2) is 5.12. The Labute approximate surface area is 118 Å². The molecule has 0 fully saturated rings. The van der Waals surface area contributed by atoms with Gasteiger partial charge in [0.15, 0.2) is 0 Å². The van der Waals surface area contributed by atoms with Gasteiger partial charge in [-0.1, -0.05) is 0 Å². The lowest BCUT2D eigenvalue weighted by Gasteiger charge is -2.05. The maximum atomic E-state index is 11.8. The fraction of sp³-hybridized carbons (Fsp3) is 0.0714. The minimum absolute atomic E-state index is 0.108. The molecule has 0 saturated heterocycles. The zero-order chi connectivity index (χ0) is 14.8. The minimum Gasteiger partial charge on any atom is -0.475 e. The van der Waals surface area contributed by atoms with Gasteiger partial charge in [0.25, 0.3) is 0 Å². The van der Waals surface area contributed by atoms with E-state index in [0.717, 1.165) is 0 Å². The summed E-state index contributed by atoms with van der Waals surface area (Å²) in [6.45, 7) is 0.108. The number of nitrogens with zero attached hydrogens (tertiary/aromatic N) is 2. The van der Waals surface area contributed by atoms with Crippen LogP contribution in [0.4, 0.5) is 5.69 Å². The van der Waals surface area contributed by atoms with Gasteiger partial charge in [-0.25, -0.2) is 4.79 Å². The molecule has 2 aromatic heterocycles. The van der Waals surface area contributed by atoms with Gasteiger partial charge in [0.05, 0.1) is 0 Å². The van der Waals surface area contributed by atoms with Crippen LogP contribution < -0.4 is 5.32 Å². The highest BCUT2D eigenvalue weighted by Crippen LogP contribution is 2.23. The molecule has 0 spiro atoms. The molecule has 0 bridgehead atoms. The number of hydrogen-bond donors (Lipinski definition) is 2. The zero-order valence-electron chi connectivity index (χ0n) is 10.8. The lowest BCUT2D eigenvalue weighted by atomic mass is 10.2. The monoisotopic (exact) mass is 285 g/mol. The average molecular weight is 285 g/mol. The van der Waals surface area contributed by atoms with Gasteiger partial charge in [-0.2, -0.15) is 5.10 Å². The summed E-state index contributed by atoms with van der Waals surface area (Å²) in [4.78, 5) is 22.7. The van der Waals surface area contributed by atoms with Crippen LogP contribution in [0.2, 0.25) is 0 Å². The van der Waals surface area contributed by atoms with Crippen LogP contribution >= 0.6 is 0 Å². The van der Waals surface area contributed by atoms with Gasteiger partial charge in [0.1, 0.15) is 12.1 Å². The maximum Gasteiger partial charge on any atom is 0.371 e. The molecular weight excluding hydrogens is 274 g/mol. The van der Waals surface area contributed by atoms with E-state index in [-0.39, 0.29) is 18.2 Å². The van der Waals surface area contributed by atoms with Crippen molar-refractivity contribution in [2.75, 3.05) is 5.32 Å². The lowest BCUT2D eigenvalue weighted by Crippen LogP contribution is -2.18. The predicted molar refractivity (Wildman–Crippen MR) is 74.0 cm³/mol. The van der Waals surface area contributed by atoms with Crippen molar-refractivity contribution in [2.45, 2.75) is 6.54 Å². The highest BCUT2D eigenvalue weighted by atomic mass is 16.4. The first kappa shape index (κ1) is 12.9. The summed E-state index contributed by atoms with van der Waals surface area (Å²) in [5.41, 5.74) is 1.02. The second-order valence-electron chi connectivity index (χ2n) is 4.42. The van der Waals surface area contributed by atoms with Crippen LogP contribution in [0.5, 0.6) is 0 Å². The summed E-state index contributed by atoms with van der Waals surface area (Å²) < 4.78 is 6.66. The van der Waals surface area contributed by atoms with E-state index in [9.17, 15) is 9.59 Å². The fourth-order valence-electron chi connectivity index (χ4n) is 1.97. The predicted octanol–water partition coefficient (Wildman–Crippen LogP) is 1.97. The quantitative estimate of drug-likeness (QED) is 0.763. The van der Waals surface area contributed by atoms with E-state index < -0.39 is 5.97 Å². The van der Waals surface area contributed by atoms with E-state index >= 15 is 0 Å². The largest absolute Gasteiger partial charge is 0.475 e. The zero-order valence-corrected chi connectivity index (χ0v) is 10.8. The van der Waals surface area contributed by atoms with Crippen LogP contribution in [-0.2, 0) is 11.3 Å². The topological polar surface area (TPSA) is 97.4 Å². The number of anilines is 1. The number of aromatic carboxylic acids is 1. The summed E-state index contributed by atoms with van der Waals surface area (Å²) in [6, 6.07) is 8.08. The molecule has 3 rings (SSSR count). The van der Waals surface area contributed by atoms with E-state index in [4.69, 9.17) is 9.52 Å². The fourth-order valence-corrected chi connectivity index (χ4v) is 1.97. The highest BCUT2D eigenvalue weighted by molar-refractivity contribution is 5.95. The summed E-state index contributed by atoms with van der Waals surface area (Å²) in [5.74, 6) is -1.49. The van der Waals surface area contributed by atoms with E-state index in [1.54, 1.807) is 36.7 Å². The third-order valence-electron chi connectivity index (χ3n) is 2.88. The molecule has 7 heteroatoms. The Hall–Kier alpha value is -3.09. The number of carbonyl (C=O) groups excluding carboxylic acids is 1. The van der Waals surface area contributed by atoms with Crippen molar-refractivity contribution in [1.82, 2.24) is 9.78 Å². The van der Waals surface area contributed by atoms with Crippen molar-refractivity contribution >= 4 is 28.5 Å². The SMILES string of the molecule is O=C(Cn1cccn1)Nc1ccc2oc(C(=O)O)cc2c1. The molecule has 0 radical (unpaired) electrons. The second-order valence-corrected chi connectivity index (χ2v) is 4.42. The average Bonchev–Trinajstić information content (AvgIpc) is 3.06. The number of carboxylic acids is 1. The smallest absolute Gasteiger partial charge is 0.371 e. The molecule has 0 saturated carbocycles. The minimum atomic E-state index is -1.13. The number of aromatic nitrogens is 2. The van der Waals surface area contributed by atoms with Crippen LogP contribution in [0.25, 0.3) is 11.0 Å². The Bertz CT molecular complexity index is 805. The molecule has 21 heavy (non-hydrogen) atoms. The van der Waals surface area contributed by atoms with Gasteiger partial charge < -0.3 is 14.8 Å². The first-order valence-corrected chi connectivity index (χ1v) is 6.16. The van der Waals surface area contributed by atoms with E-state index in [1.807, 2.05) is 0 Å². The van der Waals surface area contributed by atoms with Crippen molar-refractivity contribution in [3.63, 3.8) is 0 Å². The van der Waals surface area contributed by atoms with Crippen molar-refractivity contribution in [1.29, 1.82) is 0 Å². The Kier molecular flexibility index (Phi) is 3.15.